The van der Waals surface area contributed by atoms with Crippen LogP contribution in [-0.4, -0.2) is 49.8 Å². The van der Waals surface area contributed by atoms with Crippen molar-refractivity contribution >= 4 is 0 Å². The molecule has 3 heteroatoms. The van der Waals surface area contributed by atoms with Gasteiger partial charge < -0.3 is 10.1 Å². The van der Waals surface area contributed by atoms with E-state index in [1.807, 2.05) is 0 Å². The molecule has 0 aromatic carbocycles. The molecular weight excluding hydrogens is 236 g/mol. The summed E-state index contributed by atoms with van der Waals surface area (Å²) in [4.78, 5) is 2.57. The summed E-state index contributed by atoms with van der Waals surface area (Å²) >= 11 is 0. The molecule has 0 spiro atoms. The Bertz CT molecular complexity index is 225. The van der Waals surface area contributed by atoms with Crippen molar-refractivity contribution in [2.24, 2.45) is 5.92 Å². The first-order valence-electron chi connectivity index (χ1n) is 8.15. The summed E-state index contributed by atoms with van der Waals surface area (Å²) in [5, 5.41) is 3.47. The average molecular weight is 272 g/mol. The summed E-state index contributed by atoms with van der Waals surface area (Å²) in [5.41, 5.74) is 0. The molecule has 1 N–H and O–H groups in total. The summed E-state index contributed by atoms with van der Waals surface area (Å²) in [5.74, 6) is 0.765. The maximum Gasteiger partial charge on any atom is 0.0702 e. The normalized spacial score (nSPS) is 21.5. The predicted molar refractivity (Wildman–Crippen MR) is 84.7 cm³/mol. The summed E-state index contributed by atoms with van der Waals surface area (Å²) in [6.45, 7) is 14.6. The average Bonchev–Trinajstić information content (AvgIpc) is 2.33. The van der Waals surface area contributed by atoms with Gasteiger partial charge in [0, 0.05) is 27.1 Å². The fourth-order valence-electron chi connectivity index (χ4n) is 2.70. The van der Waals surface area contributed by atoms with E-state index in [0.29, 0.717) is 12.1 Å². The van der Waals surface area contributed by atoms with E-state index in [2.05, 4.69) is 37.9 Å². The van der Waals surface area contributed by atoms with E-state index in [9.17, 15) is 0 Å². The van der Waals surface area contributed by atoms with Crippen molar-refractivity contribution in [2.75, 3.05) is 32.8 Å². The molecule has 1 aliphatic heterocycles. The van der Waals surface area contributed by atoms with E-state index in [1.165, 1.54) is 32.2 Å². The molecule has 1 rings (SSSR count). The summed E-state index contributed by atoms with van der Waals surface area (Å²) < 4.78 is 5.88. The molecule has 0 radical (unpaired) electrons. The highest BCUT2D eigenvalue weighted by Gasteiger charge is 2.20. The molecule has 1 fully saturated rings. The third-order valence-corrected chi connectivity index (χ3v) is 3.60. The third-order valence-electron chi connectivity index (χ3n) is 3.60. The van der Waals surface area contributed by atoms with Gasteiger partial charge in [-0.05, 0) is 25.3 Å². The van der Waals surface area contributed by atoms with E-state index in [0.717, 1.165) is 32.2 Å². The molecule has 0 aliphatic carbocycles. The van der Waals surface area contributed by atoms with Gasteiger partial charge in [0.25, 0.3) is 0 Å². The number of nitrogens with one attached hydrogen (secondary N) is 1. The molecule has 0 amide bonds. The molecule has 0 aromatic heterocycles. The van der Waals surface area contributed by atoms with Crippen LogP contribution in [-0.2, 0) is 4.74 Å². The van der Waals surface area contributed by atoms with Gasteiger partial charge in [0.15, 0.2) is 0 Å². The van der Waals surface area contributed by atoms with Crippen molar-refractivity contribution in [3.8, 4) is 0 Å². The Hall–Kier alpha value is -0.120. The minimum atomic E-state index is 0. The Morgan fingerprint density at radius 3 is 2.68 bits per heavy atom. The highest BCUT2D eigenvalue weighted by atomic mass is 16.5. The van der Waals surface area contributed by atoms with Gasteiger partial charge in [-0.3, -0.25) is 4.90 Å². The van der Waals surface area contributed by atoms with Crippen LogP contribution in [0.1, 0.15) is 54.8 Å². The Morgan fingerprint density at radius 1 is 1.21 bits per heavy atom. The van der Waals surface area contributed by atoms with Gasteiger partial charge in [0.05, 0.1) is 12.7 Å². The van der Waals surface area contributed by atoms with Crippen LogP contribution in [0.4, 0.5) is 0 Å². The molecule has 1 atom stereocenters. The fraction of sp³-hybridized carbons (Fsp3) is 1.00. The van der Waals surface area contributed by atoms with Crippen LogP contribution in [0.2, 0.25) is 0 Å². The lowest BCUT2D eigenvalue weighted by molar-refractivity contribution is -0.0360. The van der Waals surface area contributed by atoms with E-state index in [4.69, 9.17) is 4.74 Å². The zero-order chi connectivity index (χ0) is 14.1. The lowest BCUT2D eigenvalue weighted by Gasteiger charge is -2.34. The third kappa shape index (κ3) is 8.61. The van der Waals surface area contributed by atoms with Crippen LogP contribution >= 0.6 is 0 Å². The molecular formula is C16H36N2O. The van der Waals surface area contributed by atoms with Crippen LogP contribution in [0.5, 0.6) is 0 Å². The summed E-state index contributed by atoms with van der Waals surface area (Å²) in [6.07, 6.45) is 5.63. The van der Waals surface area contributed by atoms with E-state index < -0.39 is 0 Å². The summed E-state index contributed by atoms with van der Waals surface area (Å²) in [7, 11) is 0. The monoisotopic (exact) mass is 272 g/mol. The second-order valence-corrected chi connectivity index (χ2v) is 6.60. The number of hydrogen-bond acceptors (Lipinski definition) is 3. The Morgan fingerprint density at radius 2 is 2.00 bits per heavy atom. The van der Waals surface area contributed by atoms with Gasteiger partial charge in [-0.2, -0.15) is 0 Å². The Kier molecular flexibility index (Phi) is 8.67. The summed E-state index contributed by atoms with van der Waals surface area (Å²) in [6, 6.07) is 0.617. The molecule has 0 unspecified atom stereocenters. The lowest BCUT2D eigenvalue weighted by atomic mass is 10.1. The van der Waals surface area contributed by atoms with Crippen molar-refractivity contribution in [3.63, 3.8) is 0 Å². The fourth-order valence-corrected chi connectivity index (χ4v) is 2.70. The van der Waals surface area contributed by atoms with Crippen molar-refractivity contribution in [3.05, 3.63) is 0 Å². The molecule has 1 heterocycles. The molecule has 1 saturated heterocycles. The molecule has 0 saturated carbocycles. The second-order valence-electron chi connectivity index (χ2n) is 6.60. The number of hydrogen-bond donors (Lipinski definition) is 1. The highest BCUT2D eigenvalue weighted by Crippen LogP contribution is 2.13. The maximum atomic E-state index is 5.88. The Labute approximate surface area is 121 Å². The second kappa shape index (κ2) is 9.73. The standard InChI is InChI=1S/C16H34N2O.H2/c1-14(2)12-18-10-11-19-16(13-18)8-6-5-7-9-17-15(3)4;/h14-17H,5-13H2,1-4H3;1H/t16-;/m1./s1. The van der Waals surface area contributed by atoms with E-state index in [-0.39, 0.29) is 1.43 Å². The molecule has 0 bridgehead atoms. The first-order chi connectivity index (χ1) is 9.08. The van der Waals surface area contributed by atoms with Gasteiger partial charge in [-0.1, -0.05) is 40.5 Å². The number of morpholine rings is 1. The van der Waals surface area contributed by atoms with Gasteiger partial charge in [-0.25, -0.2) is 0 Å². The van der Waals surface area contributed by atoms with Crippen molar-refractivity contribution in [1.82, 2.24) is 10.2 Å². The molecule has 3 nitrogen and oxygen atoms in total. The van der Waals surface area contributed by atoms with Crippen molar-refractivity contribution in [2.45, 2.75) is 65.5 Å². The largest absolute Gasteiger partial charge is 0.376 e. The molecule has 19 heavy (non-hydrogen) atoms. The topological polar surface area (TPSA) is 24.5 Å². The molecule has 116 valence electrons. The molecule has 1 aliphatic rings. The number of rotatable bonds is 9. The lowest BCUT2D eigenvalue weighted by Crippen LogP contribution is -2.43. The zero-order valence-electron chi connectivity index (χ0n) is 13.5. The number of nitrogens with zero attached hydrogens (tertiary/aromatic N) is 1. The maximum absolute atomic E-state index is 5.88. The first kappa shape index (κ1) is 16.9. The minimum absolute atomic E-state index is 0. The van der Waals surface area contributed by atoms with Gasteiger partial charge in [-0.15, -0.1) is 0 Å². The predicted octanol–water partition coefficient (Wildman–Crippen LogP) is 3.15. The van der Waals surface area contributed by atoms with Crippen LogP contribution in [0.25, 0.3) is 0 Å². The highest BCUT2D eigenvalue weighted by molar-refractivity contribution is 4.72. The smallest absolute Gasteiger partial charge is 0.0702 e. The van der Waals surface area contributed by atoms with Crippen LogP contribution in [0.3, 0.4) is 0 Å². The van der Waals surface area contributed by atoms with Crippen molar-refractivity contribution in [1.29, 1.82) is 0 Å². The van der Waals surface area contributed by atoms with E-state index in [1.54, 1.807) is 0 Å². The van der Waals surface area contributed by atoms with Gasteiger partial charge >= 0.3 is 0 Å². The van der Waals surface area contributed by atoms with Gasteiger partial charge in [0.1, 0.15) is 0 Å². The zero-order valence-corrected chi connectivity index (χ0v) is 13.5. The van der Waals surface area contributed by atoms with Crippen LogP contribution in [0, 0.1) is 5.92 Å². The first-order valence-corrected chi connectivity index (χ1v) is 8.15. The quantitative estimate of drug-likeness (QED) is 0.653. The van der Waals surface area contributed by atoms with Crippen LogP contribution in [0.15, 0.2) is 0 Å². The van der Waals surface area contributed by atoms with Crippen molar-refractivity contribution < 1.29 is 6.16 Å². The Balaban J connectivity index is 0.00000361. The van der Waals surface area contributed by atoms with E-state index >= 15 is 0 Å². The number of ether oxygens (including phenoxy) is 1. The molecule has 0 aromatic rings. The SMILES string of the molecule is CC(C)CN1CCO[C@H](CCCCCNC(C)C)C1.[HH]. The van der Waals surface area contributed by atoms with Gasteiger partial charge in [0.2, 0.25) is 0 Å². The van der Waals surface area contributed by atoms with Crippen LogP contribution < -0.4 is 5.32 Å². The minimum Gasteiger partial charge on any atom is -0.376 e. The number of unbranched alkanes of at least 4 members (excludes halogenated alkanes) is 2.